The number of nitrogens with zero attached hydrogens (tertiary/aromatic N) is 2. The van der Waals surface area contributed by atoms with Crippen molar-refractivity contribution in [3.8, 4) is 5.75 Å². The Balaban J connectivity index is 1.46. The van der Waals surface area contributed by atoms with Crippen LogP contribution in [0.4, 0.5) is 0 Å². The Kier molecular flexibility index (Phi) is 8.13. The molecule has 31 heavy (non-hydrogen) atoms. The molecule has 2 heterocycles. The van der Waals surface area contributed by atoms with E-state index in [0.29, 0.717) is 31.7 Å². The number of sulfonamides is 1. The van der Waals surface area contributed by atoms with Crippen LogP contribution in [0.1, 0.15) is 39.5 Å². The number of hydrogen-bond donors (Lipinski definition) is 1. The lowest BCUT2D eigenvalue weighted by atomic mass is 9.96. The second-order valence-corrected chi connectivity index (χ2v) is 10.7. The summed E-state index contributed by atoms with van der Waals surface area (Å²) in [6, 6.07) is 6.65. The van der Waals surface area contributed by atoms with Gasteiger partial charge in [-0.25, -0.2) is 8.42 Å². The standard InChI is InChI=1S/C23H35N3O4S/c1-18(2)8-13-25-14-11-20(12-15-25)24-23(27)19-9-16-26(17-10-19)31(28,29)22-6-4-21(30-3)5-7-22/h4-8,19-20H,9-17H2,1-3H3,(H,24,27). The van der Waals surface area contributed by atoms with E-state index >= 15 is 0 Å². The fourth-order valence-corrected chi connectivity index (χ4v) is 5.62. The van der Waals surface area contributed by atoms with Crippen LogP contribution in [0, 0.1) is 5.92 Å². The summed E-state index contributed by atoms with van der Waals surface area (Å²) in [5.74, 6) is 0.576. The number of likely N-dealkylation sites (tertiary alicyclic amines) is 1. The molecule has 0 unspecified atom stereocenters. The lowest BCUT2D eigenvalue weighted by Crippen LogP contribution is -2.48. The topological polar surface area (TPSA) is 79.0 Å². The maximum Gasteiger partial charge on any atom is 0.243 e. The molecule has 1 aromatic carbocycles. The van der Waals surface area contributed by atoms with E-state index in [-0.39, 0.29) is 22.8 Å². The van der Waals surface area contributed by atoms with Crippen LogP contribution >= 0.6 is 0 Å². The van der Waals surface area contributed by atoms with Crippen LogP contribution in [-0.2, 0) is 14.8 Å². The fraction of sp³-hybridized carbons (Fsp3) is 0.609. The van der Waals surface area contributed by atoms with Gasteiger partial charge in [-0.1, -0.05) is 11.6 Å². The van der Waals surface area contributed by atoms with Gasteiger partial charge in [-0.3, -0.25) is 9.69 Å². The number of allylic oxidation sites excluding steroid dienone is 1. The zero-order chi connectivity index (χ0) is 22.4. The number of methoxy groups -OCH3 is 1. The number of rotatable bonds is 7. The minimum Gasteiger partial charge on any atom is -0.497 e. The molecule has 0 spiro atoms. The lowest BCUT2D eigenvalue weighted by Gasteiger charge is -2.34. The third kappa shape index (κ3) is 6.30. The lowest BCUT2D eigenvalue weighted by molar-refractivity contribution is -0.127. The third-order valence-electron chi connectivity index (χ3n) is 6.21. The maximum absolute atomic E-state index is 12.9. The van der Waals surface area contributed by atoms with Gasteiger partial charge in [0.2, 0.25) is 15.9 Å². The van der Waals surface area contributed by atoms with E-state index in [2.05, 4.69) is 30.1 Å². The fourth-order valence-electron chi connectivity index (χ4n) is 4.15. The SMILES string of the molecule is COc1ccc(S(=O)(=O)N2CCC(C(=O)NC3CCN(CC=C(C)C)CC3)CC2)cc1. The van der Waals surface area contributed by atoms with E-state index < -0.39 is 10.0 Å². The first-order valence-corrected chi connectivity index (χ1v) is 12.5. The van der Waals surface area contributed by atoms with E-state index in [1.54, 1.807) is 31.4 Å². The summed E-state index contributed by atoms with van der Waals surface area (Å²) < 4.78 is 32.4. The molecule has 1 aromatic rings. The highest BCUT2D eigenvalue weighted by Gasteiger charge is 2.33. The first-order valence-electron chi connectivity index (χ1n) is 11.1. The highest BCUT2D eigenvalue weighted by atomic mass is 32.2. The van der Waals surface area contributed by atoms with Crippen molar-refractivity contribution in [3.63, 3.8) is 0 Å². The molecular weight excluding hydrogens is 414 g/mol. The monoisotopic (exact) mass is 449 g/mol. The molecule has 2 saturated heterocycles. The molecule has 8 heteroatoms. The Morgan fingerprint density at radius 3 is 2.23 bits per heavy atom. The number of carbonyl (C=O) groups excluding carboxylic acids is 1. The van der Waals surface area contributed by atoms with Gasteiger partial charge in [-0.15, -0.1) is 0 Å². The number of hydrogen-bond acceptors (Lipinski definition) is 5. The number of nitrogens with one attached hydrogen (secondary N) is 1. The summed E-state index contributed by atoms with van der Waals surface area (Å²) in [4.78, 5) is 15.4. The van der Waals surface area contributed by atoms with Crippen LogP contribution in [-0.4, -0.2) is 69.4 Å². The molecule has 1 amide bonds. The summed E-state index contributed by atoms with van der Waals surface area (Å²) >= 11 is 0. The molecule has 0 atom stereocenters. The average Bonchev–Trinajstić information content (AvgIpc) is 2.78. The van der Waals surface area contributed by atoms with Crippen molar-refractivity contribution >= 4 is 15.9 Å². The molecule has 3 rings (SSSR count). The predicted octanol–water partition coefficient (Wildman–Crippen LogP) is 2.64. The Labute approximate surface area is 186 Å². The average molecular weight is 450 g/mol. The smallest absolute Gasteiger partial charge is 0.243 e. The molecule has 2 fully saturated rings. The molecule has 1 N–H and O–H groups in total. The highest BCUT2D eigenvalue weighted by molar-refractivity contribution is 7.89. The van der Waals surface area contributed by atoms with Crippen molar-refractivity contribution in [1.29, 1.82) is 0 Å². The Morgan fingerprint density at radius 2 is 1.68 bits per heavy atom. The zero-order valence-corrected chi connectivity index (χ0v) is 19.7. The van der Waals surface area contributed by atoms with Gasteiger partial charge < -0.3 is 10.1 Å². The minimum absolute atomic E-state index is 0.0734. The molecule has 0 aliphatic carbocycles. The normalized spacial score (nSPS) is 19.7. The van der Waals surface area contributed by atoms with Crippen molar-refractivity contribution in [2.24, 2.45) is 5.92 Å². The second kappa shape index (κ2) is 10.6. The van der Waals surface area contributed by atoms with E-state index in [1.807, 2.05) is 0 Å². The molecule has 172 valence electrons. The van der Waals surface area contributed by atoms with Crippen LogP contribution in [0.15, 0.2) is 40.8 Å². The van der Waals surface area contributed by atoms with E-state index in [1.165, 1.54) is 9.88 Å². The van der Waals surface area contributed by atoms with Crippen molar-refractivity contribution in [2.75, 3.05) is 39.8 Å². The van der Waals surface area contributed by atoms with Gasteiger partial charge in [0.25, 0.3) is 0 Å². The van der Waals surface area contributed by atoms with Gasteiger partial charge >= 0.3 is 0 Å². The summed E-state index contributed by atoms with van der Waals surface area (Å²) in [6.07, 6.45) is 5.29. The van der Waals surface area contributed by atoms with Gasteiger partial charge in [0.1, 0.15) is 5.75 Å². The molecule has 2 aliphatic heterocycles. The van der Waals surface area contributed by atoms with Crippen molar-refractivity contribution in [3.05, 3.63) is 35.9 Å². The Hall–Kier alpha value is -1.90. The molecule has 0 aromatic heterocycles. The Bertz CT molecular complexity index is 863. The minimum atomic E-state index is -3.55. The van der Waals surface area contributed by atoms with Crippen LogP contribution in [0.2, 0.25) is 0 Å². The van der Waals surface area contributed by atoms with E-state index in [9.17, 15) is 13.2 Å². The number of benzene rings is 1. The van der Waals surface area contributed by atoms with Crippen LogP contribution in [0.5, 0.6) is 5.75 Å². The van der Waals surface area contributed by atoms with Crippen molar-refractivity contribution < 1.29 is 17.9 Å². The second-order valence-electron chi connectivity index (χ2n) is 8.72. The van der Waals surface area contributed by atoms with E-state index in [4.69, 9.17) is 4.74 Å². The van der Waals surface area contributed by atoms with Gasteiger partial charge in [0.15, 0.2) is 0 Å². The maximum atomic E-state index is 12.9. The van der Waals surface area contributed by atoms with E-state index in [0.717, 1.165) is 32.5 Å². The molecule has 0 radical (unpaired) electrons. The summed E-state index contributed by atoms with van der Waals surface area (Å²) in [7, 11) is -2.00. The summed E-state index contributed by atoms with van der Waals surface area (Å²) in [6.45, 7) is 7.92. The van der Waals surface area contributed by atoms with Crippen LogP contribution in [0.3, 0.4) is 0 Å². The van der Waals surface area contributed by atoms with Crippen LogP contribution in [0.25, 0.3) is 0 Å². The van der Waals surface area contributed by atoms with Crippen molar-refractivity contribution in [1.82, 2.24) is 14.5 Å². The molecular formula is C23H35N3O4S. The predicted molar refractivity (Wildman–Crippen MR) is 122 cm³/mol. The Morgan fingerprint density at radius 1 is 1.06 bits per heavy atom. The first-order chi connectivity index (χ1) is 14.8. The van der Waals surface area contributed by atoms with Gasteiger partial charge in [0, 0.05) is 44.7 Å². The van der Waals surface area contributed by atoms with Gasteiger partial charge in [-0.05, 0) is 63.8 Å². The largest absolute Gasteiger partial charge is 0.497 e. The van der Waals surface area contributed by atoms with Crippen LogP contribution < -0.4 is 10.1 Å². The molecule has 2 aliphatic rings. The highest BCUT2D eigenvalue weighted by Crippen LogP contribution is 2.25. The molecule has 7 nitrogen and oxygen atoms in total. The molecule has 0 bridgehead atoms. The number of piperidine rings is 2. The zero-order valence-electron chi connectivity index (χ0n) is 18.8. The first kappa shape index (κ1) is 23.8. The quantitative estimate of drug-likeness (QED) is 0.648. The third-order valence-corrected chi connectivity index (χ3v) is 8.13. The number of ether oxygens (including phenoxy) is 1. The molecule has 0 saturated carbocycles. The number of carbonyl (C=O) groups is 1. The number of amides is 1. The summed E-state index contributed by atoms with van der Waals surface area (Å²) in [5.41, 5.74) is 1.33. The summed E-state index contributed by atoms with van der Waals surface area (Å²) in [5, 5.41) is 3.21. The van der Waals surface area contributed by atoms with Crippen molar-refractivity contribution in [2.45, 2.75) is 50.5 Å². The van der Waals surface area contributed by atoms with Gasteiger partial charge in [-0.2, -0.15) is 4.31 Å². The van der Waals surface area contributed by atoms with Gasteiger partial charge in [0.05, 0.1) is 12.0 Å².